The number of nitrogens with one attached hydrogen (secondary N) is 1. The molecule has 0 bridgehead atoms. The molecule has 1 amide bonds. The fourth-order valence-corrected chi connectivity index (χ4v) is 2.84. The summed E-state index contributed by atoms with van der Waals surface area (Å²) in [6.45, 7) is 4.26. The van der Waals surface area contributed by atoms with Gasteiger partial charge in [-0.1, -0.05) is 29.8 Å². The Morgan fingerprint density at radius 1 is 1.20 bits per heavy atom. The van der Waals surface area contributed by atoms with Gasteiger partial charge in [-0.2, -0.15) is 0 Å². The molecule has 1 rings (SSSR count). The Labute approximate surface area is 124 Å². The van der Waals surface area contributed by atoms with E-state index < -0.39 is 28.9 Å². The molecule has 6 heteroatoms. The molecule has 0 heterocycles. The van der Waals surface area contributed by atoms with Crippen molar-refractivity contribution in [3.05, 3.63) is 35.1 Å². The van der Waals surface area contributed by atoms with Gasteiger partial charge in [0.2, 0.25) is 0 Å². The van der Waals surface area contributed by atoms with Gasteiger partial charge in [-0.05, 0) is 18.3 Å². The van der Waals surface area contributed by atoms with Gasteiger partial charge < -0.3 is 5.32 Å². The van der Waals surface area contributed by atoms with Gasteiger partial charge >= 0.3 is 0 Å². The smallest absolute Gasteiger partial charge is 0.257 e. The molecule has 0 aliphatic rings. The van der Waals surface area contributed by atoms with Crippen LogP contribution in [0.2, 0.25) is 0 Å². The van der Waals surface area contributed by atoms with E-state index in [-0.39, 0.29) is 5.41 Å². The van der Waals surface area contributed by atoms with Crippen LogP contribution >= 0.6 is 15.9 Å². The first kappa shape index (κ1) is 17.0. The molecule has 1 N–H and O–H groups in total. The van der Waals surface area contributed by atoms with Crippen LogP contribution in [0, 0.1) is 22.9 Å². The lowest BCUT2D eigenvalue weighted by Crippen LogP contribution is -2.38. The quantitative estimate of drug-likeness (QED) is 0.770. The van der Waals surface area contributed by atoms with E-state index in [4.69, 9.17) is 0 Å². The lowest BCUT2D eigenvalue weighted by molar-refractivity contribution is 0.0923. The van der Waals surface area contributed by atoms with Crippen molar-refractivity contribution in [1.29, 1.82) is 0 Å². The van der Waals surface area contributed by atoms with E-state index in [1.807, 2.05) is 13.8 Å². The number of carbonyl (C=O) groups is 1. The van der Waals surface area contributed by atoms with Crippen LogP contribution in [-0.2, 0) is 0 Å². The Balaban J connectivity index is 2.88. The minimum absolute atomic E-state index is 0.164. The Morgan fingerprint density at radius 2 is 1.70 bits per heavy atom. The van der Waals surface area contributed by atoms with Crippen molar-refractivity contribution in [3.63, 3.8) is 0 Å². The molecule has 0 spiro atoms. The zero-order valence-corrected chi connectivity index (χ0v) is 13.0. The van der Waals surface area contributed by atoms with E-state index in [9.17, 15) is 18.0 Å². The summed E-state index contributed by atoms with van der Waals surface area (Å²) in [4.78, 5) is 11.9. The summed E-state index contributed by atoms with van der Waals surface area (Å²) >= 11 is 3.39. The number of rotatable bonds is 6. The Kier molecular flexibility index (Phi) is 6.05. The molecular formula is C14H17BrF3NO. The first-order valence-electron chi connectivity index (χ1n) is 6.38. The molecule has 20 heavy (non-hydrogen) atoms. The van der Waals surface area contributed by atoms with Crippen LogP contribution in [0.25, 0.3) is 0 Å². The zero-order valence-electron chi connectivity index (χ0n) is 11.4. The van der Waals surface area contributed by atoms with Gasteiger partial charge in [0.15, 0.2) is 0 Å². The van der Waals surface area contributed by atoms with Gasteiger partial charge in [0.25, 0.3) is 5.91 Å². The second kappa shape index (κ2) is 7.11. The van der Waals surface area contributed by atoms with E-state index >= 15 is 0 Å². The van der Waals surface area contributed by atoms with Crippen LogP contribution < -0.4 is 5.32 Å². The van der Waals surface area contributed by atoms with Crippen molar-refractivity contribution < 1.29 is 18.0 Å². The summed E-state index contributed by atoms with van der Waals surface area (Å²) in [5, 5.41) is 3.19. The summed E-state index contributed by atoms with van der Waals surface area (Å²) in [7, 11) is 0. The number of hydrogen-bond donors (Lipinski definition) is 1. The zero-order chi connectivity index (χ0) is 15.3. The molecule has 1 aromatic carbocycles. The molecule has 0 atom stereocenters. The van der Waals surface area contributed by atoms with Crippen LogP contribution in [0.4, 0.5) is 13.2 Å². The maximum atomic E-state index is 13.5. The Morgan fingerprint density at radius 3 is 2.10 bits per heavy atom. The monoisotopic (exact) mass is 351 g/mol. The summed E-state index contributed by atoms with van der Waals surface area (Å²) < 4.78 is 39.7. The molecule has 112 valence electrons. The predicted molar refractivity (Wildman–Crippen MR) is 75.5 cm³/mol. The third kappa shape index (κ3) is 3.75. The largest absolute Gasteiger partial charge is 0.351 e. The van der Waals surface area contributed by atoms with Crippen LogP contribution in [0.3, 0.4) is 0 Å². The summed E-state index contributed by atoms with van der Waals surface area (Å²) in [5.41, 5.74) is -0.912. The fourth-order valence-electron chi connectivity index (χ4n) is 1.85. The highest BCUT2D eigenvalue weighted by Crippen LogP contribution is 2.28. The minimum atomic E-state index is -1.20. The number of alkyl halides is 1. The van der Waals surface area contributed by atoms with Gasteiger partial charge in [0, 0.05) is 24.0 Å². The Hall–Kier alpha value is -1.04. The molecule has 2 nitrogen and oxygen atoms in total. The van der Waals surface area contributed by atoms with Gasteiger partial charge in [0.05, 0.1) is 0 Å². The van der Waals surface area contributed by atoms with Crippen LogP contribution in [0.5, 0.6) is 0 Å². The maximum Gasteiger partial charge on any atom is 0.257 e. The summed E-state index contributed by atoms with van der Waals surface area (Å²) in [6.07, 6.45) is 1.62. The van der Waals surface area contributed by atoms with Crippen molar-refractivity contribution in [2.24, 2.45) is 5.41 Å². The third-order valence-corrected chi connectivity index (χ3v) is 4.83. The molecule has 0 unspecified atom stereocenters. The SMILES string of the molecule is CCC(CC)(CBr)CNC(=O)c1c(F)cc(F)cc1F. The molecular weight excluding hydrogens is 335 g/mol. The highest BCUT2D eigenvalue weighted by molar-refractivity contribution is 9.09. The molecule has 0 fully saturated rings. The summed E-state index contributed by atoms with van der Waals surface area (Å²) in [6, 6.07) is 0.991. The van der Waals surface area contributed by atoms with E-state index in [0.717, 1.165) is 12.8 Å². The van der Waals surface area contributed by atoms with Crippen molar-refractivity contribution in [1.82, 2.24) is 5.32 Å². The number of carbonyl (C=O) groups excluding carboxylic acids is 1. The highest BCUT2D eigenvalue weighted by atomic mass is 79.9. The molecule has 0 aliphatic heterocycles. The van der Waals surface area contributed by atoms with Gasteiger partial charge in [-0.15, -0.1) is 0 Å². The molecule has 0 saturated carbocycles. The average molecular weight is 352 g/mol. The minimum Gasteiger partial charge on any atom is -0.351 e. The lowest BCUT2D eigenvalue weighted by Gasteiger charge is -2.29. The van der Waals surface area contributed by atoms with Crippen LogP contribution in [0.15, 0.2) is 12.1 Å². The van der Waals surface area contributed by atoms with E-state index in [1.54, 1.807) is 0 Å². The molecule has 0 aromatic heterocycles. The first-order valence-corrected chi connectivity index (χ1v) is 7.50. The van der Waals surface area contributed by atoms with E-state index in [2.05, 4.69) is 21.2 Å². The molecule has 1 aromatic rings. The van der Waals surface area contributed by atoms with Crippen molar-refractivity contribution in [2.75, 3.05) is 11.9 Å². The van der Waals surface area contributed by atoms with Crippen LogP contribution in [0.1, 0.15) is 37.0 Å². The second-order valence-electron chi connectivity index (χ2n) is 4.77. The highest BCUT2D eigenvalue weighted by Gasteiger charge is 2.27. The van der Waals surface area contributed by atoms with Crippen molar-refractivity contribution in [2.45, 2.75) is 26.7 Å². The maximum absolute atomic E-state index is 13.5. The third-order valence-electron chi connectivity index (χ3n) is 3.64. The van der Waals surface area contributed by atoms with Crippen LogP contribution in [-0.4, -0.2) is 17.8 Å². The number of benzene rings is 1. The normalized spacial score (nSPS) is 11.5. The van der Waals surface area contributed by atoms with Gasteiger partial charge in [0.1, 0.15) is 23.0 Å². The first-order chi connectivity index (χ1) is 9.39. The molecule has 0 radical (unpaired) electrons. The number of halogens is 4. The van der Waals surface area contributed by atoms with Crippen molar-refractivity contribution >= 4 is 21.8 Å². The van der Waals surface area contributed by atoms with Gasteiger partial charge in [-0.3, -0.25) is 4.79 Å². The lowest BCUT2D eigenvalue weighted by atomic mass is 9.84. The molecule has 0 saturated heterocycles. The standard InChI is InChI=1S/C14H17BrF3NO/c1-3-14(4-2,7-15)8-19-13(20)12-10(17)5-9(16)6-11(12)18/h5-6H,3-4,7-8H2,1-2H3,(H,19,20). The Bertz CT molecular complexity index is 458. The van der Waals surface area contributed by atoms with Gasteiger partial charge in [-0.25, -0.2) is 13.2 Å². The fraction of sp³-hybridized carbons (Fsp3) is 0.500. The topological polar surface area (TPSA) is 29.1 Å². The molecule has 0 aliphatic carbocycles. The average Bonchev–Trinajstić information content (AvgIpc) is 2.39. The number of amides is 1. The predicted octanol–water partition coefficient (Wildman–Crippen LogP) is 4.04. The number of hydrogen-bond acceptors (Lipinski definition) is 1. The van der Waals surface area contributed by atoms with Crippen molar-refractivity contribution in [3.8, 4) is 0 Å². The summed E-state index contributed by atoms with van der Waals surface area (Å²) in [5.74, 6) is -4.31. The van der Waals surface area contributed by atoms with E-state index in [1.165, 1.54) is 0 Å². The second-order valence-corrected chi connectivity index (χ2v) is 5.33. The van der Waals surface area contributed by atoms with E-state index in [0.29, 0.717) is 24.0 Å².